The lowest BCUT2D eigenvalue weighted by Gasteiger charge is -1.94. The molecular formula is C4H4N2O5. The molecule has 0 aromatic heterocycles. The molecule has 0 heterocycles. The Morgan fingerprint density at radius 1 is 1.09 bits per heavy atom. The summed E-state index contributed by atoms with van der Waals surface area (Å²) >= 11 is 0. The van der Waals surface area contributed by atoms with Crippen molar-refractivity contribution in [1.82, 2.24) is 0 Å². The third-order valence-corrected chi connectivity index (χ3v) is 0.643. The van der Waals surface area contributed by atoms with E-state index in [-0.39, 0.29) is 0 Å². The number of nitro groups is 2. The van der Waals surface area contributed by atoms with Gasteiger partial charge in [-0.1, -0.05) is 0 Å². The van der Waals surface area contributed by atoms with Crippen molar-refractivity contribution in [1.29, 1.82) is 0 Å². The standard InChI is InChI=1S/C4H4N2O5/c1-3(5(7)8)11-4(2)6(9)10/h1-2H2. The Labute approximate surface area is 60.9 Å². The van der Waals surface area contributed by atoms with Crippen LogP contribution in [0.2, 0.25) is 0 Å². The van der Waals surface area contributed by atoms with Gasteiger partial charge in [-0.3, -0.25) is 20.2 Å². The zero-order valence-corrected chi connectivity index (χ0v) is 5.35. The monoisotopic (exact) mass is 160 g/mol. The van der Waals surface area contributed by atoms with E-state index in [4.69, 9.17) is 0 Å². The molecule has 0 aliphatic heterocycles. The number of rotatable bonds is 4. The van der Waals surface area contributed by atoms with Crippen LogP contribution in [0.4, 0.5) is 0 Å². The molecule has 0 aromatic carbocycles. The van der Waals surface area contributed by atoms with Crippen LogP contribution in [-0.4, -0.2) is 9.85 Å². The summed E-state index contributed by atoms with van der Waals surface area (Å²) in [6.45, 7) is 5.58. The van der Waals surface area contributed by atoms with Gasteiger partial charge in [-0.05, 0) is 0 Å². The summed E-state index contributed by atoms with van der Waals surface area (Å²) in [5.74, 6) is -1.85. The first kappa shape index (κ1) is 9.08. The highest BCUT2D eigenvalue weighted by atomic mass is 16.7. The third kappa shape index (κ3) is 2.94. The van der Waals surface area contributed by atoms with E-state index in [9.17, 15) is 20.2 Å². The summed E-state index contributed by atoms with van der Waals surface area (Å²) in [5.41, 5.74) is 0. The third-order valence-electron chi connectivity index (χ3n) is 0.643. The van der Waals surface area contributed by atoms with Crippen LogP contribution in [-0.2, 0) is 4.74 Å². The molecule has 0 unspecified atom stereocenters. The first-order valence-electron chi connectivity index (χ1n) is 2.29. The Hall–Kier alpha value is -1.92. The highest BCUT2D eigenvalue weighted by Gasteiger charge is 2.16. The van der Waals surface area contributed by atoms with Crippen LogP contribution in [0.15, 0.2) is 24.9 Å². The summed E-state index contributed by atoms with van der Waals surface area (Å²) in [6.07, 6.45) is 0. The van der Waals surface area contributed by atoms with E-state index in [1.807, 2.05) is 0 Å². The molecule has 0 aliphatic rings. The van der Waals surface area contributed by atoms with Crippen LogP contribution in [0.25, 0.3) is 0 Å². The minimum absolute atomic E-state index is 0.924. The maximum Gasteiger partial charge on any atom is 0.430 e. The lowest BCUT2D eigenvalue weighted by Crippen LogP contribution is -2.06. The molecule has 0 amide bonds. The Morgan fingerprint density at radius 3 is 1.55 bits per heavy atom. The minimum atomic E-state index is -0.991. The molecule has 0 saturated heterocycles. The highest BCUT2D eigenvalue weighted by molar-refractivity contribution is 4.76. The Balaban J connectivity index is 4.07. The summed E-state index contributed by atoms with van der Waals surface area (Å²) in [5, 5.41) is 19.5. The van der Waals surface area contributed by atoms with Gasteiger partial charge >= 0.3 is 11.8 Å². The van der Waals surface area contributed by atoms with Gasteiger partial charge in [0.25, 0.3) is 0 Å². The molecule has 0 spiro atoms. The fourth-order valence-corrected chi connectivity index (χ4v) is 0.211. The van der Waals surface area contributed by atoms with Crippen molar-refractivity contribution in [3.8, 4) is 0 Å². The minimum Gasteiger partial charge on any atom is -0.341 e. The normalized spacial score (nSPS) is 8.36. The summed E-state index contributed by atoms with van der Waals surface area (Å²) < 4.78 is 3.99. The maximum absolute atomic E-state index is 9.77. The van der Waals surface area contributed by atoms with E-state index < -0.39 is 21.6 Å². The van der Waals surface area contributed by atoms with E-state index in [2.05, 4.69) is 17.9 Å². The van der Waals surface area contributed by atoms with E-state index in [1.165, 1.54) is 0 Å². The molecule has 0 aromatic rings. The zero-order chi connectivity index (χ0) is 9.02. The lowest BCUT2D eigenvalue weighted by atomic mass is 10.8. The lowest BCUT2D eigenvalue weighted by molar-refractivity contribution is -0.505. The molecule has 0 radical (unpaired) electrons. The maximum atomic E-state index is 9.77. The van der Waals surface area contributed by atoms with Crippen LogP contribution >= 0.6 is 0 Å². The highest BCUT2D eigenvalue weighted by Crippen LogP contribution is 2.02. The first-order chi connectivity index (χ1) is 4.95. The van der Waals surface area contributed by atoms with Crippen molar-refractivity contribution in [3.05, 3.63) is 45.2 Å². The molecule has 60 valence electrons. The molecule has 0 aliphatic carbocycles. The SMILES string of the molecule is C=C(OC(=C)[N+](=O)[O-])[N+](=O)[O-]. The van der Waals surface area contributed by atoms with Gasteiger partial charge in [0.1, 0.15) is 9.85 Å². The van der Waals surface area contributed by atoms with Crippen molar-refractivity contribution in [3.63, 3.8) is 0 Å². The van der Waals surface area contributed by atoms with Gasteiger partial charge in [-0.2, -0.15) is 0 Å². The van der Waals surface area contributed by atoms with E-state index in [1.54, 1.807) is 0 Å². The molecule has 0 fully saturated rings. The largest absolute Gasteiger partial charge is 0.430 e. The predicted molar refractivity (Wildman–Crippen MR) is 33.4 cm³/mol. The number of ether oxygens (including phenoxy) is 1. The molecule has 0 N–H and O–H groups in total. The second-order valence-corrected chi connectivity index (χ2v) is 1.40. The summed E-state index contributed by atoms with van der Waals surface area (Å²) in [7, 11) is 0. The second-order valence-electron chi connectivity index (χ2n) is 1.40. The molecule has 0 saturated carbocycles. The van der Waals surface area contributed by atoms with Gasteiger partial charge in [0.05, 0.1) is 0 Å². The van der Waals surface area contributed by atoms with Crippen molar-refractivity contribution < 1.29 is 14.6 Å². The van der Waals surface area contributed by atoms with Crippen LogP contribution in [0.5, 0.6) is 0 Å². The molecule has 11 heavy (non-hydrogen) atoms. The fraction of sp³-hybridized carbons (Fsp3) is 0. The van der Waals surface area contributed by atoms with Gasteiger partial charge in [0.2, 0.25) is 0 Å². The second kappa shape index (κ2) is 3.30. The average Bonchev–Trinajstić information content (AvgIpc) is 1.87. The molecular weight excluding hydrogens is 156 g/mol. The van der Waals surface area contributed by atoms with E-state index >= 15 is 0 Å². The Kier molecular flexibility index (Phi) is 2.72. The van der Waals surface area contributed by atoms with E-state index in [0.29, 0.717) is 0 Å². The molecule has 7 heteroatoms. The van der Waals surface area contributed by atoms with Crippen LogP contribution in [0.3, 0.4) is 0 Å². The Bertz CT molecular complexity index is 209. The molecule has 0 atom stereocenters. The van der Waals surface area contributed by atoms with Gasteiger partial charge in [0, 0.05) is 13.2 Å². The van der Waals surface area contributed by atoms with Gasteiger partial charge in [-0.15, -0.1) is 0 Å². The summed E-state index contributed by atoms with van der Waals surface area (Å²) in [6, 6.07) is 0. The van der Waals surface area contributed by atoms with Crippen molar-refractivity contribution in [2.75, 3.05) is 0 Å². The molecule has 0 bridgehead atoms. The topological polar surface area (TPSA) is 95.5 Å². The fourth-order valence-electron chi connectivity index (χ4n) is 0.211. The van der Waals surface area contributed by atoms with Crippen LogP contribution in [0, 0.1) is 20.2 Å². The van der Waals surface area contributed by atoms with Gasteiger partial charge < -0.3 is 4.74 Å². The van der Waals surface area contributed by atoms with Crippen LogP contribution < -0.4 is 0 Å². The van der Waals surface area contributed by atoms with Gasteiger partial charge in [-0.25, -0.2) is 0 Å². The zero-order valence-electron chi connectivity index (χ0n) is 5.35. The van der Waals surface area contributed by atoms with Gasteiger partial charge in [0.15, 0.2) is 0 Å². The quantitative estimate of drug-likeness (QED) is 0.339. The van der Waals surface area contributed by atoms with E-state index in [0.717, 1.165) is 0 Å². The number of nitrogens with zero attached hydrogens (tertiary/aromatic N) is 2. The van der Waals surface area contributed by atoms with Crippen LogP contribution in [0.1, 0.15) is 0 Å². The molecule has 0 rings (SSSR count). The predicted octanol–water partition coefficient (Wildman–Crippen LogP) is 0.499. The van der Waals surface area contributed by atoms with Crippen molar-refractivity contribution >= 4 is 0 Å². The first-order valence-corrected chi connectivity index (χ1v) is 2.29. The van der Waals surface area contributed by atoms with Crippen molar-refractivity contribution in [2.24, 2.45) is 0 Å². The molecule has 7 nitrogen and oxygen atoms in total. The average molecular weight is 160 g/mol. The smallest absolute Gasteiger partial charge is 0.341 e. The van der Waals surface area contributed by atoms with Crippen molar-refractivity contribution in [2.45, 2.75) is 0 Å². The number of hydrogen-bond donors (Lipinski definition) is 0. The number of hydrogen-bond acceptors (Lipinski definition) is 5. The Morgan fingerprint density at radius 2 is 1.36 bits per heavy atom. The summed E-state index contributed by atoms with van der Waals surface area (Å²) in [4.78, 5) is 17.6.